The molecule has 0 radical (unpaired) electrons. The molecule has 0 saturated carbocycles. The van der Waals surface area contributed by atoms with Crippen LogP contribution in [0.25, 0.3) is 0 Å². The van der Waals surface area contributed by atoms with E-state index in [1.54, 1.807) is 38.1 Å². The van der Waals surface area contributed by atoms with Crippen LogP contribution < -0.4 is 10.6 Å². The molecular formula is C30H46N2O8P2. The van der Waals surface area contributed by atoms with Crippen molar-refractivity contribution >= 4 is 38.4 Å². The molecule has 42 heavy (non-hydrogen) atoms. The lowest BCUT2D eigenvalue weighted by Crippen LogP contribution is -2.11. The van der Waals surface area contributed by atoms with Crippen LogP contribution in [0.4, 0.5) is 11.4 Å². The molecular weight excluding hydrogens is 578 g/mol. The monoisotopic (exact) mass is 624 g/mol. The summed E-state index contributed by atoms with van der Waals surface area (Å²) in [6, 6.07) is 14.5. The minimum absolute atomic E-state index is 0.0218. The number of hydrogen-bond acceptors (Lipinski definition) is 6. The number of unbranched alkanes of at least 4 members (excludes halogenated alkanes) is 5. The maximum Gasteiger partial charge on any atom is 0.330 e. The number of amides is 2. The van der Waals surface area contributed by atoms with E-state index in [9.17, 15) is 18.7 Å². The fourth-order valence-electron chi connectivity index (χ4n) is 4.34. The third kappa shape index (κ3) is 15.8. The molecule has 0 aliphatic heterocycles. The Morgan fingerprint density at radius 1 is 0.643 bits per heavy atom. The topological polar surface area (TPSA) is 151 Å². The zero-order valence-electron chi connectivity index (χ0n) is 24.8. The van der Waals surface area contributed by atoms with Crippen molar-refractivity contribution in [2.45, 2.75) is 78.1 Å². The first-order chi connectivity index (χ1) is 20.0. The van der Waals surface area contributed by atoms with Crippen molar-refractivity contribution in [2.75, 3.05) is 36.2 Å². The van der Waals surface area contributed by atoms with Crippen LogP contribution in [0.1, 0.15) is 76.3 Å². The molecule has 2 aromatic carbocycles. The van der Waals surface area contributed by atoms with Crippen molar-refractivity contribution < 1.29 is 37.6 Å². The van der Waals surface area contributed by atoms with Gasteiger partial charge in [0.1, 0.15) is 0 Å². The highest BCUT2D eigenvalue weighted by molar-refractivity contribution is 7.53. The average Bonchev–Trinajstić information content (AvgIpc) is 2.93. The molecule has 2 aromatic rings. The standard InChI is InChI=1S/C30H46N2O8P2/c1-3-39-42(38,40-4-2)24-22-26-15-19-28(20-16-26)32-30(34)12-10-8-6-5-7-9-11-29(33)31-27-17-13-25(14-18-27)21-23-41(35,36)37/h13-20H,3-12,21-24H2,1-2H3,(H,31,33)(H,32,34)(H2,35,36,37). The van der Waals surface area contributed by atoms with Crippen LogP contribution in [0.2, 0.25) is 0 Å². The van der Waals surface area contributed by atoms with Gasteiger partial charge in [0.25, 0.3) is 0 Å². The second-order valence-electron chi connectivity index (χ2n) is 10.2. The molecule has 0 spiro atoms. The molecule has 2 rings (SSSR count). The minimum atomic E-state index is -4.02. The fourth-order valence-corrected chi connectivity index (χ4v) is 6.54. The largest absolute Gasteiger partial charge is 0.330 e. The summed E-state index contributed by atoms with van der Waals surface area (Å²) in [6.45, 7) is 4.27. The van der Waals surface area contributed by atoms with Gasteiger partial charge in [0.2, 0.25) is 11.8 Å². The Morgan fingerprint density at radius 2 is 1.02 bits per heavy atom. The van der Waals surface area contributed by atoms with Crippen LogP contribution in [-0.2, 0) is 40.6 Å². The molecule has 0 unspecified atom stereocenters. The number of nitrogens with one attached hydrogen (secondary N) is 2. The van der Waals surface area contributed by atoms with Gasteiger partial charge >= 0.3 is 15.2 Å². The summed E-state index contributed by atoms with van der Waals surface area (Å²) in [5.41, 5.74) is 3.21. The van der Waals surface area contributed by atoms with E-state index in [-0.39, 0.29) is 24.4 Å². The molecule has 0 aliphatic carbocycles. The SMILES string of the molecule is CCOP(=O)(CCc1ccc(NC(=O)CCCCCCCCC(=O)Nc2ccc(CCP(=O)(O)O)cc2)cc1)OCC. The van der Waals surface area contributed by atoms with Gasteiger partial charge in [-0.3, -0.25) is 18.7 Å². The van der Waals surface area contributed by atoms with Crippen molar-refractivity contribution in [1.82, 2.24) is 0 Å². The number of benzene rings is 2. The van der Waals surface area contributed by atoms with Gasteiger partial charge in [-0.2, -0.15) is 0 Å². The molecule has 12 heteroatoms. The Bertz CT molecular complexity index is 1170. The average molecular weight is 625 g/mol. The van der Waals surface area contributed by atoms with E-state index >= 15 is 0 Å². The molecule has 0 saturated heterocycles. The molecule has 0 fully saturated rings. The summed E-state index contributed by atoms with van der Waals surface area (Å²) in [5.74, 6) is -0.0786. The Balaban J connectivity index is 1.53. The fraction of sp³-hybridized carbons (Fsp3) is 0.533. The van der Waals surface area contributed by atoms with Gasteiger partial charge in [-0.15, -0.1) is 0 Å². The molecule has 234 valence electrons. The van der Waals surface area contributed by atoms with E-state index in [4.69, 9.17) is 18.8 Å². The van der Waals surface area contributed by atoms with Crippen LogP contribution in [0, 0.1) is 0 Å². The van der Waals surface area contributed by atoms with E-state index in [0.717, 1.165) is 55.3 Å². The summed E-state index contributed by atoms with van der Waals surface area (Å²) in [7, 11) is -7.09. The van der Waals surface area contributed by atoms with Gasteiger partial charge in [-0.1, -0.05) is 49.9 Å². The Hall–Kier alpha value is -2.32. The first-order valence-electron chi connectivity index (χ1n) is 14.7. The predicted molar refractivity (Wildman–Crippen MR) is 167 cm³/mol. The summed E-state index contributed by atoms with van der Waals surface area (Å²) in [4.78, 5) is 42.4. The highest BCUT2D eigenvalue weighted by atomic mass is 31.2. The molecule has 4 N–H and O–H groups in total. The third-order valence-corrected chi connectivity index (χ3v) is 9.43. The second-order valence-corrected chi connectivity index (χ2v) is 14.1. The van der Waals surface area contributed by atoms with E-state index in [0.29, 0.717) is 44.3 Å². The smallest absolute Gasteiger partial charge is 0.326 e. The molecule has 10 nitrogen and oxygen atoms in total. The van der Waals surface area contributed by atoms with Gasteiger partial charge < -0.3 is 29.5 Å². The van der Waals surface area contributed by atoms with Crippen LogP contribution in [0.5, 0.6) is 0 Å². The molecule has 0 aliphatic rings. The van der Waals surface area contributed by atoms with Gasteiger partial charge in [0, 0.05) is 24.2 Å². The summed E-state index contributed by atoms with van der Waals surface area (Å²) in [6.07, 6.45) is 7.35. The number of carbonyl (C=O) groups excluding carboxylic acids is 2. The van der Waals surface area contributed by atoms with Gasteiger partial charge in [0.05, 0.1) is 25.5 Å². The number of aryl methyl sites for hydroxylation is 2. The van der Waals surface area contributed by atoms with E-state index in [1.165, 1.54) is 0 Å². The van der Waals surface area contributed by atoms with Crippen molar-refractivity contribution in [3.05, 3.63) is 59.7 Å². The number of rotatable bonds is 21. The van der Waals surface area contributed by atoms with E-state index in [2.05, 4.69) is 10.6 Å². The van der Waals surface area contributed by atoms with E-state index in [1.807, 2.05) is 24.3 Å². The molecule has 0 atom stereocenters. The first kappa shape index (κ1) is 35.9. The molecule has 0 heterocycles. The zero-order chi connectivity index (χ0) is 30.8. The van der Waals surface area contributed by atoms with E-state index < -0.39 is 15.2 Å². The van der Waals surface area contributed by atoms with Crippen LogP contribution >= 0.6 is 15.2 Å². The molecule has 0 bridgehead atoms. The number of anilines is 2. The third-order valence-electron chi connectivity index (χ3n) is 6.55. The lowest BCUT2D eigenvalue weighted by atomic mass is 10.1. The highest BCUT2D eigenvalue weighted by Crippen LogP contribution is 2.48. The highest BCUT2D eigenvalue weighted by Gasteiger charge is 2.23. The normalized spacial score (nSPS) is 11.8. The maximum absolute atomic E-state index is 12.6. The summed E-state index contributed by atoms with van der Waals surface area (Å²) < 4.78 is 34.2. The van der Waals surface area contributed by atoms with Crippen LogP contribution in [0.15, 0.2) is 48.5 Å². The quantitative estimate of drug-likeness (QED) is 0.0864. The molecule has 0 aromatic heterocycles. The summed E-state index contributed by atoms with van der Waals surface area (Å²) in [5, 5.41) is 5.77. The lowest BCUT2D eigenvalue weighted by molar-refractivity contribution is -0.117. The van der Waals surface area contributed by atoms with Crippen molar-refractivity contribution in [1.29, 1.82) is 0 Å². The van der Waals surface area contributed by atoms with Gasteiger partial charge in [-0.05, 0) is 74.9 Å². The van der Waals surface area contributed by atoms with Gasteiger partial charge in [-0.25, -0.2) is 0 Å². The summed E-state index contributed by atoms with van der Waals surface area (Å²) >= 11 is 0. The molecule has 2 amide bonds. The minimum Gasteiger partial charge on any atom is -0.326 e. The van der Waals surface area contributed by atoms with Gasteiger partial charge in [0.15, 0.2) is 0 Å². The predicted octanol–water partition coefficient (Wildman–Crippen LogP) is 6.91. The Kier molecular flexibility index (Phi) is 16.3. The lowest BCUT2D eigenvalue weighted by Gasteiger charge is -2.16. The Labute approximate surface area is 249 Å². The van der Waals surface area contributed by atoms with Crippen molar-refractivity contribution in [2.24, 2.45) is 0 Å². The number of carbonyl (C=O) groups is 2. The zero-order valence-corrected chi connectivity index (χ0v) is 26.5. The number of hydrogen-bond donors (Lipinski definition) is 4. The maximum atomic E-state index is 12.6. The Morgan fingerprint density at radius 3 is 1.40 bits per heavy atom. The second kappa shape index (κ2) is 19.1. The first-order valence-corrected chi connectivity index (χ1v) is 18.2. The van der Waals surface area contributed by atoms with Crippen LogP contribution in [0.3, 0.4) is 0 Å². The van der Waals surface area contributed by atoms with Crippen molar-refractivity contribution in [3.8, 4) is 0 Å². The van der Waals surface area contributed by atoms with Crippen molar-refractivity contribution in [3.63, 3.8) is 0 Å². The van der Waals surface area contributed by atoms with Crippen LogP contribution in [-0.4, -0.2) is 47.1 Å².